The second kappa shape index (κ2) is 12.7. The maximum absolute atomic E-state index is 10.5. The molecule has 0 saturated heterocycles. The normalized spacial score (nSPS) is 12.4. The van der Waals surface area contributed by atoms with Gasteiger partial charge in [-0.2, -0.15) is 0 Å². The van der Waals surface area contributed by atoms with Gasteiger partial charge >= 0.3 is 0 Å². The predicted molar refractivity (Wildman–Crippen MR) is 167 cm³/mol. The Bertz CT molecular complexity index is 1270. The molecular formula is C35H50N2O3. The second-order valence-electron chi connectivity index (χ2n) is 11.5. The zero-order valence-corrected chi connectivity index (χ0v) is 27.1. The van der Waals surface area contributed by atoms with Crippen molar-refractivity contribution in [3.05, 3.63) is 83.5 Å². The fourth-order valence-electron chi connectivity index (χ4n) is 5.63. The molecule has 5 heteroatoms. The number of nitrogens with one attached hydrogen (secondary N) is 2. The minimum Gasteiger partial charge on any atom is -0.507 e. The smallest absolute Gasteiger partial charge is 0.139 e. The number of ether oxygens (including phenoxy) is 2. The van der Waals surface area contributed by atoms with Crippen molar-refractivity contribution in [2.45, 2.75) is 103 Å². The van der Waals surface area contributed by atoms with E-state index in [1.165, 1.54) is 61.2 Å². The summed E-state index contributed by atoms with van der Waals surface area (Å²) >= 11 is 0. The van der Waals surface area contributed by atoms with Crippen LogP contribution >= 0.6 is 0 Å². The van der Waals surface area contributed by atoms with Crippen molar-refractivity contribution in [3.8, 4) is 17.2 Å². The van der Waals surface area contributed by atoms with Crippen molar-refractivity contribution >= 4 is 0 Å². The molecule has 0 saturated carbocycles. The van der Waals surface area contributed by atoms with E-state index in [4.69, 9.17) is 9.47 Å². The molecule has 1 heterocycles. The SMILES string of the molecule is Cc1c(C)c(C)c(OCNCc2c(C)c(C)c(C)c(C)c2O)c(C)c1C.Cc1c(C)c(C)c2c(c1C)CNCO2. The number of benzene rings is 3. The number of rotatable bonds is 5. The summed E-state index contributed by atoms with van der Waals surface area (Å²) in [4.78, 5) is 0. The lowest BCUT2D eigenvalue weighted by atomic mass is 9.93. The van der Waals surface area contributed by atoms with Crippen LogP contribution in [0.4, 0.5) is 0 Å². The highest BCUT2D eigenvalue weighted by atomic mass is 16.5. The molecule has 0 atom stereocenters. The maximum Gasteiger partial charge on any atom is 0.139 e. The molecule has 1 aliphatic heterocycles. The summed E-state index contributed by atoms with van der Waals surface area (Å²) < 4.78 is 11.7. The van der Waals surface area contributed by atoms with Gasteiger partial charge in [-0.25, -0.2) is 0 Å². The molecule has 0 aliphatic carbocycles. The lowest BCUT2D eigenvalue weighted by molar-refractivity contribution is 0.254. The van der Waals surface area contributed by atoms with Gasteiger partial charge in [0.2, 0.25) is 0 Å². The summed E-state index contributed by atoms with van der Waals surface area (Å²) in [5.41, 5.74) is 18.6. The number of phenols is 1. The average Bonchev–Trinajstić information content (AvgIpc) is 2.96. The summed E-state index contributed by atoms with van der Waals surface area (Å²) in [6.45, 7) is 30.2. The summed E-state index contributed by atoms with van der Waals surface area (Å²) in [6, 6.07) is 0. The topological polar surface area (TPSA) is 62.8 Å². The highest BCUT2D eigenvalue weighted by molar-refractivity contribution is 5.55. The Morgan fingerprint density at radius 3 is 1.70 bits per heavy atom. The first-order valence-electron chi connectivity index (χ1n) is 14.3. The van der Waals surface area contributed by atoms with E-state index in [0.717, 1.165) is 40.3 Å². The van der Waals surface area contributed by atoms with E-state index in [2.05, 4.69) is 93.7 Å². The Morgan fingerprint density at radius 1 is 0.625 bits per heavy atom. The Kier molecular flexibility index (Phi) is 9.97. The van der Waals surface area contributed by atoms with Crippen LogP contribution < -0.4 is 20.1 Å². The lowest BCUT2D eigenvalue weighted by Gasteiger charge is -2.25. The van der Waals surface area contributed by atoms with E-state index in [0.29, 0.717) is 25.8 Å². The van der Waals surface area contributed by atoms with Gasteiger partial charge in [0.05, 0.1) is 0 Å². The molecule has 40 heavy (non-hydrogen) atoms. The lowest BCUT2D eigenvalue weighted by Crippen LogP contribution is -2.27. The molecule has 0 aromatic heterocycles. The average molecular weight is 547 g/mol. The molecule has 3 aromatic carbocycles. The Labute approximate surface area is 242 Å². The second-order valence-corrected chi connectivity index (χ2v) is 11.5. The van der Waals surface area contributed by atoms with E-state index in [1.807, 2.05) is 6.92 Å². The van der Waals surface area contributed by atoms with Crippen LogP contribution in [-0.4, -0.2) is 18.6 Å². The van der Waals surface area contributed by atoms with Crippen LogP contribution in [0.15, 0.2) is 0 Å². The predicted octanol–water partition coefficient (Wildman–Crippen LogP) is 7.65. The number of hydrogen-bond donors (Lipinski definition) is 3. The molecule has 0 radical (unpaired) electrons. The highest BCUT2D eigenvalue weighted by Crippen LogP contribution is 2.35. The molecule has 0 bridgehead atoms. The monoisotopic (exact) mass is 546 g/mol. The Balaban J connectivity index is 0.000000263. The Morgan fingerprint density at radius 2 is 1.10 bits per heavy atom. The minimum atomic E-state index is 0.396. The molecule has 5 nitrogen and oxygen atoms in total. The quantitative estimate of drug-likeness (QED) is 0.227. The number of hydrogen-bond acceptors (Lipinski definition) is 5. The van der Waals surface area contributed by atoms with E-state index >= 15 is 0 Å². The van der Waals surface area contributed by atoms with Crippen LogP contribution in [0, 0.1) is 90.0 Å². The van der Waals surface area contributed by atoms with Crippen molar-refractivity contribution in [1.29, 1.82) is 0 Å². The van der Waals surface area contributed by atoms with Gasteiger partial charge in [-0.05, 0) is 162 Å². The number of aromatic hydroxyl groups is 1. The molecule has 4 rings (SSSR count). The van der Waals surface area contributed by atoms with Gasteiger partial charge in [0.15, 0.2) is 0 Å². The third-order valence-electron chi connectivity index (χ3n) is 9.71. The van der Waals surface area contributed by atoms with Gasteiger partial charge in [0.1, 0.15) is 30.7 Å². The fourth-order valence-corrected chi connectivity index (χ4v) is 5.63. The van der Waals surface area contributed by atoms with Crippen LogP contribution in [0.1, 0.15) is 83.5 Å². The van der Waals surface area contributed by atoms with E-state index < -0.39 is 0 Å². The molecular weight excluding hydrogens is 496 g/mol. The van der Waals surface area contributed by atoms with Crippen LogP contribution in [-0.2, 0) is 13.1 Å². The standard InChI is InChI=1S/C23H33NO2.C12H17NO/c1-12-15(4)19(8)23(20(9)16(12)5)26-11-24-10-21-17(6)13(2)14(3)18(7)22(21)25;1-7-8(2)10(4)12-11(9(7)3)5-13-6-14-12/h24-25H,10-11H2,1-9H3;13H,5-6H2,1-4H3. The summed E-state index contributed by atoms with van der Waals surface area (Å²) in [5.74, 6) is 2.46. The summed E-state index contributed by atoms with van der Waals surface area (Å²) in [5, 5.41) is 17.1. The van der Waals surface area contributed by atoms with Crippen molar-refractivity contribution in [1.82, 2.24) is 10.6 Å². The number of phenolic OH excluding ortho intramolecular Hbond substituents is 1. The fraction of sp³-hybridized carbons (Fsp3) is 0.486. The van der Waals surface area contributed by atoms with Gasteiger partial charge in [-0.1, -0.05) is 0 Å². The highest BCUT2D eigenvalue weighted by Gasteiger charge is 2.19. The molecule has 0 spiro atoms. The first-order chi connectivity index (χ1) is 18.7. The van der Waals surface area contributed by atoms with E-state index in [-0.39, 0.29) is 0 Å². The van der Waals surface area contributed by atoms with Crippen LogP contribution in [0.5, 0.6) is 17.2 Å². The number of fused-ring (bicyclic) bond motifs is 1. The minimum absolute atomic E-state index is 0.396. The first-order valence-corrected chi connectivity index (χ1v) is 14.3. The van der Waals surface area contributed by atoms with Crippen LogP contribution in [0.25, 0.3) is 0 Å². The Hall–Kier alpha value is -3.02. The third kappa shape index (κ3) is 5.87. The van der Waals surface area contributed by atoms with Crippen molar-refractivity contribution in [2.24, 2.45) is 0 Å². The largest absolute Gasteiger partial charge is 0.507 e. The van der Waals surface area contributed by atoms with Crippen molar-refractivity contribution in [3.63, 3.8) is 0 Å². The molecule has 0 unspecified atom stereocenters. The zero-order valence-electron chi connectivity index (χ0n) is 27.1. The third-order valence-corrected chi connectivity index (χ3v) is 9.71. The molecule has 0 amide bonds. The van der Waals surface area contributed by atoms with Gasteiger partial charge in [-0.3, -0.25) is 10.6 Å². The zero-order chi connectivity index (χ0) is 30.0. The van der Waals surface area contributed by atoms with Crippen molar-refractivity contribution < 1.29 is 14.6 Å². The van der Waals surface area contributed by atoms with Gasteiger partial charge in [0, 0.05) is 24.2 Å². The first kappa shape index (κ1) is 31.5. The van der Waals surface area contributed by atoms with Gasteiger partial charge in [0.25, 0.3) is 0 Å². The maximum atomic E-state index is 10.5. The molecule has 218 valence electrons. The summed E-state index contributed by atoms with van der Waals surface area (Å²) in [6.07, 6.45) is 0. The van der Waals surface area contributed by atoms with Gasteiger partial charge in [-0.15, -0.1) is 0 Å². The molecule has 0 fully saturated rings. The molecule has 3 N–H and O–H groups in total. The van der Waals surface area contributed by atoms with Gasteiger partial charge < -0.3 is 14.6 Å². The van der Waals surface area contributed by atoms with Crippen LogP contribution in [0.2, 0.25) is 0 Å². The molecule has 1 aliphatic rings. The van der Waals surface area contributed by atoms with E-state index in [9.17, 15) is 5.11 Å². The van der Waals surface area contributed by atoms with Crippen LogP contribution in [0.3, 0.4) is 0 Å². The van der Waals surface area contributed by atoms with Crippen molar-refractivity contribution in [2.75, 3.05) is 13.5 Å². The summed E-state index contributed by atoms with van der Waals surface area (Å²) in [7, 11) is 0. The molecule has 3 aromatic rings. The van der Waals surface area contributed by atoms with E-state index in [1.54, 1.807) is 0 Å².